The predicted octanol–water partition coefficient (Wildman–Crippen LogP) is 4.48. The molecule has 4 rings (SSSR count). The summed E-state index contributed by atoms with van der Waals surface area (Å²) in [6, 6.07) is 15.7. The molecule has 0 aliphatic rings. The number of hydrogen-bond acceptors (Lipinski definition) is 5. The van der Waals surface area contributed by atoms with Crippen LogP contribution in [0.2, 0.25) is 0 Å². The van der Waals surface area contributed by atoms with Gasteiger partial charge >= 0.3 is 0 Å². The van der Waals surface area contributed by atoms with E-state index in [1.807, 2.05) is 30.3 Å². The number of para-hydroxylation sites is 1. The molecule has 36 heavy (non-hydrogen) atoms. The third-order valence-electron chi connectivity index (χ3n) is 5.25. The first-order chi connectivity index (χ1) is 16.5. The molecule has 2 aromatic carbocycles. The Hall–Kier alpha value is -3.40. The van der Waals surface area contributed by atoms with E-state index in [1.165, 1.54) is 18.2 Å². The predicted molar refractivity (Wildman–Crippen MR) is 137 cm³/mol. The Morgan fingerprint density at radius 3 is 2.39 bits per heavy atom. The second-order valence-electron chi connectivity index (χ2n) is 7.63. The van der Waals surface area contributed by atoms with Crippen molar-refractivity contribution in [3.05, 3.63) is 95.4 Å². The summed E-state index contributed by atoms with van der Waals surface area (Å²) in [6.07, 6.45) is 1.67. The molecule has 192 valence electrons. The van der Waals surface area contributed by atoms with Crippen LogP contribution in [0.5, 0.6) is 11.5 Å². The molecule has 4 aromatic rings. The lowest BCUT2D eigenvalue weighted by Crippen LogP contribution is -2.44. The number of halogens is 4. The molecule has 3 N–H and O–H groups in total. The summed E-state index contributed by atoms with van der Waals surface area (Å²) < 4.78 is 40.9. The number of rotatable bonds is 9. The highest BCUT2D eigenvalue weighted by atomic mass is 35.5. The van der Waals surface area contributed by atoms with Gasteiger partial charge in [-0.1, -0.05) is 24.3 Å². The van der Waals surface area contributed by atoms with Gasteiger partial charge in [-0.2, -0.15) is 0 Å². The van der Waals surface area contributed by atoms with E-state index in [9.17, 15) is 13.6 Å². The Morgan fingerprint density at radius 1 is 1.03 bits per heavy atom. The van der Waals surface area contributed by atoms with Crippen LogP contribution in [0.15, 0.2) is 66.9 Å². The molecule has 7 nitrogen and oxygen atoms in total. The Bertz CT molecular complexity index is 1290. The Balaban J connectivity index is 0.00000228. The molecule has 11 heteroatoms. The smallest absolute Gasteiger partial charge is 0.270 e. The highest BCUT2D eigenvalue weighted by Crippen LogP contribution is 2.24. The molecular formula is C25H26Cl2F2N4O3. The van der Waals surface area contributed by atoms with Gasteiger partial charge in [-0.15, -0.1) is 24.8 Å². The summed E-state index contributed by atoms with van der Waals surface area (Å²) in [5, 5.41) is 2.87. The van der Waals surface area contributed by atoms with E-state index in [4.69, 9.17) is 15.2 Å². The summed E-state index contributed by atoms with van der Waals surface area (Å²) in [5.41, 5.74) is 6.77. The lowest BCUT2D eigenvalue weighted by Gasteiger charge is -2.18. The van der Waals surface area contributed by atoms with Crippen LogP contribution in [0.4, 0.5) is 8.78 Å². The van der Waals surface area contributed by atoms with Gasteiger partial charge in [0.1, 0.15) is 36.3 Å². The minimum Gasteiger partial charge on any atom is -0.491 e. The monoisotopic (exact) mass is 538 g/mol. The normalized spacial score (nSPS) is 11.2. The number of ether oxygens (including phenoxy) is 2. The summed E-state index contributed by atoms with van der Waals surface area (Å²) in [4.78, 5) is 17.5. The van der Waals surface area contributed by atoms with Gasteiger partial charge in [0.25, 0.3) is 5.91 Å². The molecule has 0 spiro atoms. The summed E-state index contributed by atoms with van der Waals surface area (Å²) >= 11 is 0. The molecule has 2 heterocycles. The fourth-order valence-corrected chi connectivity index (χ4v) is 3.50. The first-order valence-corrected chi connectivity index (χ1v) is 10.7. The number of benzene rings is 2. The number of pyridine rings is 1. The van der Waals surface area contributed by atoms with Gasteiger partial charge in [-0.3, -0.25) is 9.20 Å². The number of carbonyl (C=O) groups is 1. The zero-order chi connectivity index (χ0) is 24.1. The van der Waals surface area contributed by atoms with E-state index >= 15 is 0 Å². The van der Waals surface area contributed by atoms with Gasteiger partial charge in [0.2, 0.25) is 0 Å². The highest BCUT2D eigenvalue weighted by molar-refractivity contribution is 5.95. The maximum atomic E-state index is 14.0. The molecule has 0 saturated heterocycles. The first-order valence-electron chi connectivity index (χ1n) is 10.7. The van der Waals surface area contributed by atoms with Crippen molar-refractivity contribution < 1.29 is 23.0 Å². The molecule has 1 unspecified atom stereocenters. The van der Waals surface area contributed by atoms with Crippen molar-refractivity contribution in [3.63, 3.8) is 0 Å². The van der Waals surface area contributed by atoms with Gasteiger partial charge in [0.15, 0.2) is 11.4 Å². The lowest BCUT2D eigenvalue weighted by atomic mass is 10.2. The SMILES string of the molecule is Cc1nc2c(OCc3c(F)cccc3F)cccn2c1C(=O)NC(CN)COc1ccccc1.Cl.Cl. The average Bonchev–Trinajstić information content (AvgIpc) is 3.18. The Labute approximate surface area is 219 Å². The number of imidazole rings is 1. The number of amides is 1. The van der Waals surface area contributed by atoms with E-state index in [0.29, 0.717) is 22.8 Å². The van der Waals surface area contributed by atoms with Crippen LogP contribution in [0.1, 0.15) is 21.7 Å². The van der Waals surface area contributed by atoms with Crippen LogP contribution >= 0.6 is 24.8 Å². The fourth-order valence-electron chi connectivity index (χ4n) is 3.50. The van der Waals surface area contributed by atoms with Crippen molar-refractivity contribution in [2.24, 2.45) is 5.73 Å². The van der Waals surface area contributed by atoms with E-state index in [0.717, 1.165) is 0 Å². The van der Waals surface area contributed by atoms with Gasteiger partial charge in [-0.25, -0.2) is 13.8 Å². The van der Waals surface area contributed by atoms with Crippen molar-refractivity contribution in [2.45, 2.75) is 19.6 Å². The maximum absolute atomic E-state index is 14.0. The van der Waals surface area contributed by atoms with Crippen molar-refractivity contribution >= 4 is 36.4 Å². The molecule has 0 saturated carbocycles. The number of hydrogen-bond donors (Lipinski definition) is 2. The number of nitrogens with two attached hydrogens (primary N) is 1. The number of carbonyl (C=O) groups excluding carboxylic acids is 1. The second-order valence-corrected chi connectivity index (χ2v) is 7.63. The van der Waals surface area contributed by atoms with Crippen LogP contribution in [-0.2, 0) is 6.61 Å². The maximum Gasteiger partial charge on any atom is 0.270 e. The van der Waals surface area contributed by atoms with Crippen LogP contribution in [0, 0.1) is 18.6 Å². The van der Waals surface area contributed by atoms with Gasteiger partial charge in [0.05, 0.1) is 17.3 Å². The minimum absolute atomic E-state index is 0. The standard InChI is InChI=1S/C25H24F2N4O3.2ClH/c1-16-23(25(32)30-17(13-28)14-33-18-7-3-2-4-8-18)31-12-6-11-22(24(31)29-16)34-15-19-20(26)9-5-10-21(19)27;;/h2-12,17H,13-15,28H2,1H3,(H,30,32);2*1H. The molecule has 0 aliphatic carbocycles. The number of aromatic nitrogens is 2. The molecular weight excluding hydrogens is 513 g/mol. The third-order valence-corrected chi connectivity index (χ3v) is 5.25. The third kappa shape index (κ3) is 6.42. The number of fused-ring (bicyclic) bond motifs is 1. The summed E-state index contributed by atoms with van der Waals surface area (Å²) in [7, 11) is 0. The van der Waals surface area contributed by atoms with Crippen molar-refractivity contribution in [3.8, 4) is 11.5 Å². The molecule has 0 fully saturated rings. The van der Waals surface area contributed by atoms with Crippen molar-refractivity contribution in [1.82, 2.24) is 14.7 Å². The number of aryl methyl sites for hydroxylation is 1. The first kappa shape index (κ1) is 28.8. The van der Waals surface area contributed by atoms with Gasteiger partial charge in [0, 0.05) is 12.7 Å². The topological polar surface area (TPSA) is 90.9 Å². The van der Waals surface area contributed by atoms with Crippen LogP contribution in [0.25, 0.3) is 5.65 Å². The van der Waals surface area contributed by atoms with Crippen LogP contribution in [-0.4, -0.2) is 34.5 Å². The molecule has 2 aromatic heterocycles. The molecule has 1 amide bonds. The summed E-state index contributed by atoms with van der Waals surface area (Å²) in [6.45, 7) is 1.75. The Morgan fingerprint density at radius 2 is 1.72 bits per heavy atom. The molecule has 0 radical (unpaired) electrons. The van der Waals surface area contributed by atoms with E-state index < -0.39 is 17.7 Å². The molecule has 0 aliphatic heterocycles. The average molecular weight is 539 g/mol. The fraction of sp³-hybridized carbons (Fsp3) is 0.200. The van der Waals surface area contributed by atoms with Gasteiger partial charge in [-0.05, 0) is 43.3 Å². The highest BCUT2D eigenvalue weighted by Gasteiger charge is 2.22. The zero-order valence-corrected chi connectivity index (χ0v) is 21.0. The van der Waals surface area contributed by atoms with E-state index in [2.05, 4.69) is 10.3 Å². The van der Waals surface area contributed by atoms with Gasteiger partial charge < -0.3 is 20.5 Å². The largest absolute Gasteiger partial charge is 0.491 e. The Kier molecular flexibility index (Phi) is 10.5. The van der Waals surface area contributed by atoms with E-state index in [1.54, 1.807) is 29.7 Å². The van der Waals surface area contributed by atoms with E-state index in [-0.39, 0.29) is 61.8 Å². The second kappa shape index (κ2) is 13.1. The number of nitrogens with one attached hydrogen (secondary N) is 1. The lowest BCUT2D eigenvalue weighted by molar-refractivity contribution is 0.0917. The number of nitrogens with zero attached hydrogens (tertiary/aromatic N) is 2. The van der Waals surface area contributed by atoms with Crippen LogP contribution < -0.4 is 20.5 Å². The molecule has 0 bridgehead atoms. The molecule has 1 atom stereocenters. The van der Waals surface area contributed by atoms with Crippen LogP contribution in [0.3, 0.4) is 0 Å². The minimum atomic E-state index is -0.697. The van der Waals surface area contributed by atoms with Crippen molar-refractivity contribution in [2.75, 3.05) is 13.2 Å². The summed E-state index contributed by atoms with van der Waals surface area (Å²) in [5.74, 6) is -0.812. The van der Waals surface area contributed by atoms with Crippen molar-refractivity contribution in [1.29, 1.82) is 0 Å². The quantitative estimate of drug-likeness (QED) is 0.328. The zero-order valence-electron chi connectivity index (χ0n) is 19.3.